The van der Waals surface area contributed by atoms with E-state index in [4.69, 9.17) is 5.73 Å². The molecule has 0 spiro atoms. The average Bonchev–Trinajstić information content (AvgIpc) is 3.36. The van der Waals surface area contributed by atoms with E-state index < -0.39 is 0 Å². The number of nitrogens with zero attached hydrogens (tertiary/aromatic N) is 4. The van der Waals surface area contributed by atoms with Gasteiger partial charge < -0.3 is 10.6 Å². The van der Waals surface area contributed by atoms with E-state index in [1.165, 1.54) is 5.56 Å². The van der Waals surface area contributed by atoms with E-state index in [2.05, 4.69) is 20.2 Å². The van der Waals surface area contributed by atoms with Crippen molar-refractivity contribution in [1.82, 2.24) is 25.1 Å². The highest BCUT2D eigenvalue weighted by atomic mass is 16.2. The molecule has 0 radical (unpaired) electrons. The van der Waals surface area contributed by atoms with Crippen molar-refractivity contribution < 1.29 is 4.79 Å². The predicted octanol–water partition coefficient (Wildman–Crippen LogP) is 1.99. The summed E-state index contributed by atoms with van der Waals surface area (Å²) in [6, 6.07) is 0. The van der Waals surface area contributed by atoms with Gasteiger partial charge in [0.25, 0.3) is 5.91 Å². The SMILES string of the molecule is Cc1[nH]ncc1C1CCN(C(=O)c2cnc(C3CC3)nc2N)CC1. The second-order valence-corrected chi connectivity index (χ2v) is 6.82. The summed E-state index contributed by atoms with van der Waals surface area (Å²) in [5, 5.41) is 7.09. The molecule has 126 valence electrons. The number of hydrogen-bond donors (Lipinski definition) is 2. The first-order valence-electron chi connectivity index (χ1n) is 8.55. The molecule has 1 saturated heterocycles. The number of carbonyl (C=O) groups excluding carboxylic acids is 1. The highest BCUT2D eigenvalue weighted by Gasteiger charge is 2.30. The van der Waals surface area contributed by atoms with Crippen molar-refractivity contribution in [2.75, 3.05) is 18.8 Å². The highest BCUT2D eigenvalue weighted by Crippen LogP contribution is 2.38. The van der Waals surface area contributed by atoms with Gasteiger partial charge in [-0.25, -0.2) is 9.97 Å². The number of H-pyrrole nitrogens is 1. The lowest BCUT2D eigenvalue weighted by Crippen LogP contribution is -2.38. The Hall–Kier alpha value is -2.44. The van der Waals surface area contributed by atoms with Crippen LogP contribution in [0.5, 0.6) is 0 Å². The molecule has 3 N–H and O–H groups in total. The van der Waals surface area contributed by atoms with E-state index in [0.717, 1.165) is 50.3 Å². The molecule has 24 heavy (non-hydrogen) atoms. The molecule has 1 aliphatic heterocycles. The molecule has 3 heterocycles. The molecule has 1 saturated carbocycles. The second kappa shape index (κ2) is 5.89. The van der Waals surface area contributed by atoms with Gasteiger partial charge in [0.15, 0.2) is 0 Å². The van der Waals surface area contributed by atoms with E-state index in [-0.39, 0.29) is 5.91 Å². The molecule has 2 aromatic rings. The maximum atomic E-state index is 12.7. The Kier molecular flexibility index (Phi) is 3.70. The third-order valence-corrected chi connectivity index (χ3v) is 5.10. The van der Waals surface area contributed by atoms with E-state index in [9.17, 15) is 4.79 Å². The second-order valence-electron chi connectivity index (χ2n) is 6.82. The first-order valence-corrected chi connectivity index (χ1v) is 8.55. The third-order valence-electron chi connectivity index (χ3n) is 5.10. The van der Waals surface area contributed by atoms with Gasteiger partial charge in [-0.3, -0.25) is 9.89 Å². The number of hydrogen-bond acceptors (Lipinski definition) is 5. The number of aryl methyl sites for hydroxylation is 1. The maximum absolute atomic E-state index is 12.7. The fourth-order valence-corrected chi connectivity index (χ4v) is 3.45. The molecule has 0 bridgehead atoms. The van der Waals surface area contributed by atoms with Crippen LogP contribution < -0.4 is 5.73 Å². The minimum Gasteiger partial charge on any atom is -0.383 e. The zero-order chi connectivity index (χ0) is 16.7. The Labute approximate surface area is 140 Å². The number of nitrogens with one attached hydrogen (secondary N) is 1. The minimum atomic E-state index is -0.0581. The molecule has 2 aliphatic rings. The van der Waals surface area contributed by atoms with E-state index in [1.807, 2.05) is 18.0 Å². The fraction of sp³-hybridized carbons (Fsp3) is 0.529. The van der Waals surface area contributed by atoms with Crippen LogP contribution in [-0.2, 0) is 0 Å². The molecule has 0 unspecified atom stereocenters. The Morgan fingerprint density at radius 1 is 1.21 bits per heavy atom. The van der Waals surface area contributed by atoms with Gasteiger partial charge in [0.1, 0.15) is 17.2 Å². The Balaban J connectivity index is 1.43. The van der Waals surface area contributed by atoms with Crippen LogP contribution in [-0.4, -0.2) is 44.1 Å². The molecule has 4 rings (SSSR count). The Morgan fingerprint density at radius 3 is 2.54 bits per heavy atom. The molecule has 1 aliphatic carbocycles. The summed E-state index contributed by atoms with van der Waals surface area (Å²) in [4.78, 5) is 23.2. The number of piperidine rings is 1. The third kappa shape index (κ3) is 2.74. The molecule has 0 aromatic carbocycles. The molecule has 7 heteroatoms. The molecule has 2 aromatic heterocycles. The summed E-state index contributed by atoms with van der Waals surface area (Å²) < 4.78 is 0. The number of anilines is 1. The highest BCUT2D eigenvalue weighted by molar-refractivity contribution is 5.98. The fourth-order valence-electron chi connectivity index (χ4n) is 3.45. The molecule has 1 amide bonds. The molecular formula is C17H22N6O. The van der Waals surface area contributed by atoms with Crippen molar-refractivity contribution in [2.24, 2.45) is 0 Å². The van der Waals surface area contributed by atoms with E-state index >= 15 is 0 Å². The molecule has 2 fully saturated rings. The van der Waals surface area contributed by atoms with Crippen molar-refractivity contribution in [1.29, 1.82) is 0 Å². The first-order chi connectivity index (χ1) is 11.6. The lowest BCUT2D eigenvalue weighted by molar-refractivity contribution is 0.0713. The van der Waals surface area contributed by atoms with Gasteiger partial charge in [0.2, 0.25) is 0 Å². The number of aromatic nitrogens is 4. The average molecular weight is 326 g/mol. The van der Waals surface area contributed by atoms with Gasteiger partial charge in [-0.1, -0.05) is 0 Å². The zero-order valence-corrected chi connectivity index (χ0v) is 13.8. The van der Waals surface area contributed by atoms with Gasteiger partial charge in [-0.2, -0.15) is 5.10 Å². The topological polar surface area (TPSA) is 101 Å². The molecule has 0 atom stereocenters. The van der Waals surface area contributed by atoms with Crippen molar-refractivity contribution >= 4 is 11.7 Å². The molecule has 7 nitrogen and oxygen atoms in total. The number of rotatable bonds is 3. The van der Waals surface area contributed by atoms with Crippen LogP contribution in [0.2, 0.25) is 0 Å². The van der Waals surface area contributed by atoms with Crippen molar-refractivity contribution in [3.8, 4) is 0 Å². The quantitative estimate of drug-likeness (QED) is 0.898. The van der Waals surface area contributed by atoms with E-state index in [0.29, 0.717) is 23.2 Å². The summed E-state index contributed by atoms with van der Waals surface area (Å²) in [5.41, 5.74) is 8.82. The van der Waals surface area contributed by atoms with Gasteiger partial charge >= 0.3 is 0 Å². The van der Waals surface area contributed by atoms with Crippen LogP contribution in [0.1, 0.15) is 65.0 Å². The standard InChI is InChI=1S/C17H22N6O/c1-10-13(9-20-22-10)11-4-6-23(7-5-11)17(24)14-8-19-16(12-2-3-12)21-15(14)18/h8-9,11-12H,2-7H2,1H3,(H,20,22)(H2,18,19,21). The Bertz CT molecular complexity index is 758. The van der Waals surface area contributed by atoms with E-state index in [1.54, 1.807) is 6.20 Å². The monoisotopic (exact) mass is 326 g/mol. The number of amides is 1. The lowest BCUT2D eigenvalue weighted by atomic mass is 9.89. The smallest absolute Gasteiger partial charge is 0.259 e. The number of aromatic amines is 1. The predicted molar refractivity (Wildman–Crippen MR) is 89.6 cm³/mol. The number of likely N-dealkylation sites (tertiary alicyclic amines) is 1. The first kappa shape index (κ1) is 15.1. The summed E-state index contributed by atoms with van der Waals surface area (Å²) in [7, 11) is 0. The zero-order valence-electron chi connectivity index (χ0n) is 13.8. The van der Waals surface area contributed by atoms with Crippen LogP contribution >= 0.6 is 0 Å². The van der Waals surface area contributed by atoms with Gasteiger partial charge in [0, 0.05) is 30.9 Å². The van der Waals surface area contributed by atoms with Crippen molar-refractivity contribution in [3.05, 3.63) is 35.0 Å². The van der Waals surface area contributed by atoms with Crippen LogP contribution in [0.3, 0.4) is 0 Å². The lowest BCUT2D eigenvalue weighted by Gasteiger charge is -2.32. The minimum absolute atomic E-state index is 0.0581. The van der Waals surface area contributed by atoms with Gasteiger partial charge in [-0.05, 0) is 44.1 Å². The Morgan fingerprint density at radius 2 is 1.96 bits per heavy atom. The van der Waals surface area contributed by atoms with Crippen molar-refractivity contribution in [3.63, 3.8) is 0 Å². The van der Waals surface area contributed by atoms with Crippen LogP contribution in [0.4, 0.5) is 5.82 Å². The summed E-state index contributed by atoms with van der Waals surface area (Å²) in [6.45, 7) is 3.48. The summed E-state index contributed by atoms with van der Waals surface area (Å²) in [6.07, 6.45) is 7.62. The maximum Gasteiger partial charge on any atom is 0.259 e. The van der Waals surface area contributed by atoms with Crippen LogP contribution in [0.25, 0.3) is 0 Å². The number of nitrogens with two attached hydrogens (primary N) is 1. The largest absolute Gasteiger partial charge is 0.383 e. The number of carbonyl (C=O) groups is 1. The van der Waals surface area contributed by atoms with Crippen LogP contribution in [0.15, 0.2) is 12.4 Å². The normalized spacial score (nSPS) is 18.8. The summed E-state index contributed by atoms with van der Waals surface area (Å²) in [5.74, 6) is 1.92. The van der Waals surface area contributed by atoms with Gasteiger partial charge in [-0.15, -0.1) is 0 Å². The summed E-state index contributed by atoms with van der Waals surface area (Å²) >= 11 is 0. The van der Waals surface area contributed by atoms with Crippen LogP contribution in [0, 0.1) is 6.92 Å². The van der Waals surface area contributed by atoms with Crippen molar-refractivity contribution in [2.45, 2.75) is 44.4 Å². The molecular weight excluding hydrogens is 304 g/mol. The van der Waals surface area contributed by atoms with Gasteiger partial charge in [0.05, 0.1) is 6.20 Å². The number of nitrogen functional groups attached to an aromatic ring is 1.